The summed E-state index contributed by atoms with van der Waals surface area (Å²) in [6.45, 7) is 3.37. The average molecular weight is 532 g/mol. The molecule has 0 unspecified atom stereocenters. The van der Waals surface area contributed by atoms with E-state index in [1.807, 2.05) is 61.5 Å². The number of rotatable bonds is 7. The third-order valence-corrected chi connectivity index (χ3v) is 6.97. The topological polar surface area (TPSA) is 91.1 Å². The van der Waals surface area contributed by atoms with E-state index in [1.54, 1.807) is 19.6 Å². The molecule has 0 amide bonds. The standard InChI is InChI=1S/C32H29N5O3/c1-21-28-16-24(18-30(31(28)35-20-34-21)40-27-12-14-39-15-13-27)25-17-29(32(38-2)33-19-25)37-36-26-10-8-23(9-11-26)22-6-4-3-5-7-22/h3-11,16-20,27H,12-15H2,1-2H3. The molecule has 200 valence electrons. The van der Waals surface area contributed by atoms with E-state index in [4.69, 9.17) is 14.2 Å². The number of pyridine rings is 1. The van der Waals surface area contributed by atoms with Gasteiger partial charge < -0.3 is 14.2 Å². The zero-order valence-electron chi connectivity index (χ0n) is 22.4. The molecule has 1 saturated heterocycles. The highest BCUT2D eigenvalue weighted by molar-refractivity contribution is 5.91. The number of aryl methyl sites for hydroxylation is 1. The molecule has 3 aromatic carbocycles. The van der Waals surface area contributed by atoms with Crippen LogP contribution in [0, 0.1) is 6.92 Å². The van der Waals surface area contributed by atoms with Crippen molar-refractivity contribution in [3.05, 3.63) is 91.0 Å². The predicted molar refractivity (Wildman–Crippen MR) is 155 cm³/mol. The molecule has 0 spiro atoms. The lowest BCUT2D eigenvalue weighted by Crippen LogP contribution is -2.26. The molecule has 5 aromatic rings. The van der Waals surface area contributed by atoms with Gasteiger partial charge in [-0.15, -0.1) is 5.11 Å². The van der Waals surface area contributed by atoms with Crippen molar-refractivity contribution >= 4 is 22.3 Å². The van der Waals surface area contributed by atoms with Gasteiger partial charge in [0.05, 0.1) is 26.0 Å². The smallest absolute Gasteiger partial charge is 0.241 e. The minimum Gasteiger partial charge on any atom is -0.488 e. The van der Waals surface area contributed by atoms with Crippen LogP contribution in [0.25, 0.3) is 33.2 Å². The fraction of sp³-hybridized carbons (Fsp3) is 0.219. The van der Waals surface area contributed by atoms with Crippen LogP contribution in [0.2, 0.25) is 0 Å². The number of fused-ring (bicyclic) bond motifs is 1. The van der Waals surface area contributed by atoms with Crippen LogP contribution in [0.3, 0.4) is 0 Å². The normalized spacial score (nSPS) is 14.1. The minimum absolute atomic E-state index is 0.0779. The van der Waals surface area contributed by atoms with Crippen molar-refractivity contribution < 1.29 is 14.2 Å². The van der Waals surface area contributed by atoms with E-state index in [-0.39, 0.29) is 6.10 Å². The number of hydrogen-bond donors (Lipinski definition) is 0. The van der Waals surface area contributed by atoms with E-state index in [9.17, 15) is 0 Å². The number of aromatic nitrogens is 3. The number of nitrogens with zero attached hydrogens (tertiary/aromatic N) is 5. The number of azo groups is 1. The second-order valence-electron chi connectivity index (χ2n) is 9.62. The molecule has 0 N–H and O–H groups in total. The molecule has 0 radical (unpaired) electrons. The van der Waals surface area contributed by atoms with Gasteiger partial charge in [-0.3, -0.25) is 0 Å². The van der Waals surface area contributed by atoms with E-state index in [1.165, 1.54) is 0 Å². The molecule has 8 heteroatoms. The van der Waals surface area contributed by atoms with Crippen molar-refractivity contribution in [2.24, 2.45) is 10.2 Å². The first-order valence-electron chi connectivity index (χ1n) is 13.3. The van der Waals surface area contributed by atoms with Crippen LogP contribution in [-0.2, 0) is 4.74 Å². The number of benzene rings is 3. The summed E-state index contributed by atoms with van der Waals surface area (Å²) in [7, 11) is 1.58. The number of ether oxygens (including phenoxy) is 3. The Morgan fingerprint density at radius 1 is 0.800 bits per heavy atom. The monoisotopic (exact) mass is 531 g/mol. The van der Waals surface area contributed by atoms with Gasteiger partial charge in [0.1, 0.15) is 29.4 Å². The number of methoxy groups -OCH3 is 1. The van der Waals surface area contributed by atoms with Gasteiger partial charge in [-0.2, -0.15) is 5.11 Å². The van der Waals surface area contributed by atoms with Gasteiger partial charge in [-0.05, 0) is 53.9 Å². The molecule has 2 aromatic heterocycles. The lowest BCUT2D eigenvalue weighted by molar-refractivity contribution is 0.0261. The van der Waals surface area contributed by atoms with Gasteiger partial charge in [-0.25, -0.2) is 15.0 Å². The summed E-state index contributed by atoms with van der Waals surface area (Å²) in [5.74, 6) is 1.12. The Morgan fingerprint density at radius 2 is 1.57 bits per heavy atom. The van der Waals surface area contributed by atoms with Crippen molar-refractivity contribution in [2.75, 3.05) is 20.3 Å². The van der Waals surface area contributed by atoms with Crippen LogP contribution in [0.5, 0.6) is 11.6 Å². The first-order valence-corrected chi connectivity index (χ1v) is 13.3. The largest absolute Gasteiger partial charge is 0.488 e. The van der Waals surface area contributed by atoms with Gasteiger partial charge in [0.15, 0.2) is 0 Å². The van der Waals surface area contributed by atoms with Crippen molar-refractivity contribution in [2.45, 2.75) is 25.9 Å². The summed E-state index contributed by atoms with van der Waals surface area (Å²) in [6.07, 6.45) is 5.11. The third kappa shape index (κ3) is 5.53. The molecular formula is C32H29N5O3. The third-order valence-electron chi connectivity index (χ3n) is 6.97. The molecule has 6 rings (SSSR count). The Hall–Kier alpha value is -4.69. The fourth-order valence-electron chi connectivity index (χ4n) is 4.78. The van der Waals surface area contributed by atoms with E-state index < -0.39 is 0 Å². The first-order chi connectivity index (χ1) is 19.7. The molecule has 0 saturated carbocycles. The zero-order chi connectivity index (χ0) is 27.3. The lowest BCUT2D eigenvalue weighted by Gasteiger charge is -2.24. The summed E-state index contributed by atoms with van der Waals surface area (Å²) in [5.41, 5.74) is 6.99. The molecule has 1 aliphatic rings. The maximum Gasteiger partial charge on any atom is 0.241 e. The van der Waals surface area contributed by atoms with Crippen LogP contribution in [0.1, 0.15) is 18.5 Å². The maximum absolute atomic E-state index is 6.45. The van der Waals surface area contributed by atoms with Crippen molar-refractivity contribution in [3.8, 4) is 33.9 Å². The molecule has 3 heterocycles. The molecule has 0 bridgehead atoms. The summed E-state index contributed by atoms with van der Waals surface area (Å²) in [5, 5.41) is 9.89. The maximum atomic E-state index is 6.45. The highest BCUT2D eigenvalue weighted by Gasteiger charge is 2.19. The van der Waals surface area contributed by atoms with Gasteiger partial charge in [0.25, 0.3) is 0 Å². The Labute approximate surface area is 232 Å². The van der Waals surface area contributed by atoms with Crippen molar-refractivity contribution in [1.82, 2.24) is 15.0 Å². The Kier molecular flexibility index (Phi) is 7.41. The molecule has 40 heavy (non-hydrogen) atoms. The Bertz CT molecular complexity index is 1650. The zero-order valence-corrected chi connectivity index (χ0v) is 22.4. The lowest BCUT2D eigenvalue weighted by atomic mass is 10.0. The van der Waals surface area contributed by atoms with Crippen LogP contribution in [0.4, 0.5) is 11.4 Å². The SMILES string of the molecule is COc1ncc(-c2cc(OC3CCOCC3)c3ncnc(C)c3c2)cc1N=Nc1ccc(-c2ccccc2)cc1. The van der Waals surface area contributed by atoms with E-state index >= 15 is 0 Å². The van der Waals surface area contributed by atoms with Gasteiger partial charge >= 0.3 is 0 Å². The highest BCUT2D eigenvalue weighted by Crippen LogP contribution is 2.37. The number of hydrogen-bond acceptors (Lipinski definition) is 8. The van der Waals surface area contributed by atoms with Crippen molar-refractivity contribution in [3.63, 3.8) is 0 Å². The van der Waals surface area contributed by atoms with Crippen LogP contribution in [0.15, 0.2) is 95.5 Å². The van der Waals surface area contributed by atoms with Gasteiger partial charge in [-0.1, -0.05) is 42.5 Å². The summed E-state index contributed by atoms with van der Waals surface area (Å²) < 4.78 is 17.5. The highest BCUT2D eigenvalue weighted by atomic mass is 16.5. The molecule has 0 atom stereocenters. The summed E-state index contributed by atoms with van der Waals surface area (Å²) in [4.78, 5) is 13.5. The van der Waals surface area contributed by atoms with E-state index in [2.05, 4.69) is 43.4 Å². The molecule has 8 nitrogen and oxygen atoms in total. The first kappa shape index (κ1) is 25.6. The quantitative estimate of drug-likeness (QED) is 0.200. The molecule has 1 fully saturated rings. The molecule has 1 aliphatic heterocycles. The van der Waals surface area contributed by atoms with Gasteiger partial charge in [0.2, 0.25) is 5.88 Å². The Balaban J connectivity index is 1.33. The average Bonchev–Trinajstić information content (AvgIpc) is 3.01. The molecule has 0 aliphatic carbocycles. The second-order valence-corrected chi connectivity index (χ2v) is 9.62. The summed E-state index contributed by atoms with van der Waals surface area (Å²) >= 11 is 0. The summed E-state index contributed by atoms with van der Waals surface area (Å²) in [6, 6.07) is 24.2. The van der Waals surface area contributed by atoms with Crippen LogP contribution >= 0.6 is 0 Å². The van der Waals surface area contributed by atoms with Crippen molar-refractivity contribution in [1.29, 1.82) is 0 Å². The van der Waals surface area contributed by atoms with Gasteiger partial charge in [0, 0.05) is 35.7 Å². The van der Waals surface area contributed by atoms with E-state index in [0.29, 0.717) is 24.8 Å². The molecular weight excluding hydrogens is 502 g/mol. The second kappa shape index (κ2) is 11.6. The fourth-order valence-corrected chi connectivity index (χ4v) is 4.78. The van der Waals surface area contributed by atoms with Crippen LogP contribution in [-0.4, -0.2) is 41.4 Å². The predicted octanol–water partition coefficient (Wildman–Crippen LogP) is 7.65. The minimum atomic E-state index is 0.0779. The Morgan fingerprint density at radius 3 is 2.35 bits per heavy atom. The van der Waals surface area contributed by atoms with Crippen LogP contribution < -0.4 is 9.47 Å². The van der Waals surface area contributed by atoms with E-state index in [0.717, 1.165) is 63.1 Å².